The summed E-state index contributed by atoms with van der Waals surface area (Å²) in [5, 5.41) is 3.32. The first-order chi connectivity index (χ1) is 9.52. The number of carbonyl (C=O) groups is 1. The number of hydrogen-bond acceptors (Lipinski definition) is 5. The average Bonchev–Trinajstić information content (AvgIpc) is 2.59. The van der Waals surface area contributed by atoms with Crippen LogP contribution in [0.15, 0.2) is 0 Å². The largest absolute Gasteiger partial charge is 0.465 e. The van der Waals surface area contributed by atoms with Gasteiger partial charge in [-0.2, -0.15) is 0 Å². The molecule has 5 heteroatoms. The Balaban J connectivity index is 2.42. The molecule has 0 aromatic rings. The second-order valence-electron chi connectivity index (χ2n) is 5.91. The zero-order chi connectivity index (χ0) is 15.0. The molecule has 0 aromatic heterocycles. The van der Waals surface area contributed by atoms with Crippen molar-refractivity contribution in [3.05, 3.63) is 0 Å². The molecule has 1 rings (SSSR count). The Bertz CT molecular complexity index is 284. The highest BCUT2D eigenvalue weighted by atomic mass is 16.5. The minimum Gasteiger partial charge on any atom is -0.465 e. The number of likely N-dealkylation sites (N-methyl/N-ethyl adjacent to an activating group) is 1. The maximum absolute atomic E-state index is 12.0. The summed E-state index contributed by atoms with van der Waals surface area (Å²) in [6.07, 6.45) is 2.03. The van der Waals surface area contributed by atoms with Crippen LogP contribution in [0.25, 0.3) is 0 Å². The van der Waals surface area contributed by atoms with Crippen molar-refractivity contribution in [2.24, 2.45) is 0 Å². The van der Waals surface area contributed by atoms with E-state index in [-0.39, 0.29) is 12.0 Å². The lowest BCUT2D eigenvalue weighted by atomic mass is 10.1. The fraction of sp³-hybridized carbons (Fsp3) is 0.933. The monoisotopic (exact) mass is 285 g/mol. The molecule has 1 saturated heterocycles. The third-order valence-corrected chi connectivity index (χ3v) is 3.65. The lowest BCUT2D eigenvalue weighted by molar-refractivity contribution is -0.146. The normalized spacial score (nSPS) is 19.9. The third-order valence-electron chi connectivity index (χ3n) is 3.65. The lowest BCUT2D eigenvalue weighted by Gasteiger charge is -2.24. The topological polar surface area (TPSA) is 44.8 Å². The van der Waals surface area contributed by atoms with Gasteiger partial charge in [0.2, 0.25) is 0 Å². The van der Waals surface area contributed by atoms with Gasteiger partial charge >= 0.3 is 5.97 Å². The predicted octanol–water partition coefficient (Wildman–Crippen LogP) is 0.944. The highest BCUT2D eigenvalue weighted by Gasteiger charge is 2.22. The number of esters is 1. The van der Waals surface area contributed by atoms with E-state index in [2.05, 4.69) is 36.0 Å². The molecule has 0 aliphatic carbocycles. The molecule has 1 heterocycles. The first kappa shape index (κ1) is 17.4. The van der Waals surface area contributed by atoms with Crippen LogP contribution in [0.3, 0.4) is 0 Å². The first-order valence-corrected chi connectivity index (χ1v) is 7.86. The van der Waals surface area contributed by atoms with E-state index in [9.17, 15) is 4.79 Å². The van der Waals surface area contributed by atoms with Crippen molar-refractivity contribution in [2.45, 2.75) is 45.7 Å². The second kappa shape index (κ2) is 9.32. The Morgan fingerprint density at radius 1 is 1.25 bits per heavy atom. The van der Waals surface area contributed by atoms with E-state index in [1.807, 2.05) is 6.92 Å². The van der Waals surface area contributed by atoms with Gasteiger partial charge < -0.3 is 19.9 Å². The highest BCUT2D eigenvalue weighted by Crippen LogP contribution is 2.05. The molecule has 1 atom stereocenters. The van der Waals surface area contributed by atoms with Gasteiger partial charge in [0.15, 0.2) is 0 Å². The van der Waals surface area contributed by atoms with E-state index in [1.165, 1.54) is 13.0 Å². The quantitative estimate of drug-likeness (QED) is 0.706. The van der Waals surface area contributed by atoms with Gasteiger partial charge in [-0.05, 0) is 39.9 Å². The Labute approximate surface area is 123 Å². The lowest BCUT2D eigenvalue weighted by Crippen LogP contribution is -2.44. The molecule has 5 nitrogen and oxygen atoms in total. The van der Waals surface area contributed by atoms with E-state index in [0.29, 0.717) is 12.6 Å². The summed E-state index contributed by atoms with van der Waals surface area (Å²) in [5.74, 6) is -0.117. The Hall–Kier alpha value is -0.650. The van der Waals surface area contributed by atoms with Gasteiger partial charge in [-0.1, -0.05) is 13.8 Å². The van der Waals surface area contributed by atoms with Gasteiger partial charge in [-0.15, -0.1) is 0 Å². The van der Waals surface area contributed by atoms with Crippen molar-refractivity contribution in [2.75, 3.05) is 46.4 Å². The molecule has 1 unspecified atom stereocenters. The fourth-order valence-electron chi connectivity index (χ4n) is 2.55. The molecule has 1 N–H and O–H groups in total. The van der Waals surface area contributed by atoms with Crippen molar-refractivity contribution < 1.29 is 9.53 Å². The summed E-state index contributed by atoms with van der Waals surface area (Å²) in [6.45, 7) is 11.9. The van der Waals surface area contributed by atoms with Gasteiger partial charge in [-0.25, -0.2) is 0 Å². The summed E-state index contributed by atoms with van der Waals surface area (Å²) >= 11 is 0. The smallest absolute Gasteiger partial charge is 0.323 e. The summed E-state index contributed by atoms with van der Waals surface area (Å²) < 4.78 is 5.16. The zero-order valence-corrected chi connectivity index (χ0v) is 13.5. The van der Waals surface area contributed by atoms with Gasteiger partial charge in [0, 0.05) is 25.7 Å². The van der Waals surface area contributed by atoms with Crippen LogP contribution in [-0.2, 0) is 9.53 Å². The number of carbonyl (C=O) groups excluding carboxylic acids is 1. The zero-order valence-electron chi connectivity index (χ0n) is 13.5. The molecule has 0 amide bonds. The third kappa shape index (κ3) is 6.68. The van der Waals surface area contributed by atoms with E-state index in [4.69, 9.17) is 4.74 Å². The van der Waals surface area contributed by atoms with Crippen molar-refractivity contribution in [3.8, 4) is 0 Å². The molecular formula is C15H31N3O2. The molecule has 0 saturated carbocycles. The summed E-state index contributed by atoms with van der Waals surface area (Å²) in [6, 6.07) is 0.107. The van der Waals surface area contributed by atoms with Crippen LogP contribution in [0.2, 0.25) is 0 Å². The minimum absolute atomic E-state index is 0.117. The molecule has 1 aliphatic heterocycles. The number of ether oxygens (including phenoxy) is 1. The van der Waals surface area contributed by atoms with E-state index in [0.717, 1.165) is 32.6 Å². The number of nitrogens with one attached hydrogen (secondary N) is 1. The Morgan fingerprint density at radius 2 is 2.00 bits per heavy atom. The van der Waals surface area contributed by atoms with Crippen LogP contribution in [0.1, 0.15) is 33.6 Å². The van der Waals surface area contributed by atoms with Crippen LogP contribution in [-0.4, -0.2) is 74.2 Å². The minimum atomic E-state index is -0.184. The SMILES string of the molecule is CCOC(=O)C(CCN1CCCN(C)CC1)NC(C)C. The van der Waals surface area contributed by atoms with Gasteiger partial charge in [0.05, 0.1) is 6.61 Å². The molecule has 1 fully saturated rings. The van der Waals surface area contributed by atoms with Crippen LogP contribution in [0.5, 0.6) is 0 Å². The maximum atomic E-state index is 12.0. The molecule has 1 aliphatic rings. The fourth-order valence-corrected chi connectivity index (χ4v) is 2.55. The van der Waals surface area contributed by atoms with Crippen LogP contribution in [0, 0.1) is 0 Å². The van der Waals surface area contributed by atoms with E-state index in [1.54, 1.807) is 0 Å². The molecule has 118 valence electrons. The van der Waals surface area contributed by atoms with Gasteiger partial charge in [0.25, 0.3) is 0 Å². The standard InChI is InChI=1S/C15H31N3O2/c1-5-20-15(19)14(16-13(2)3)7-10-18-9-6-8-17(4)11-12-18/h13-14,16H,5-12H2,1-4H3. The highest BCUT2D eigenvalue weighted by molar-refractivity contribution is 5.75. The van der Waals surface area contributed by atoms with Gasteiger partial charge in [0.1, 0.15) is 6.04 Å². The van der Waals surface area contributed by atoms with Crippen molar-refractivity contribution in [1.82, 2.24) is 15.1 Å². The Kier molecular flexibility index (Phi) is 8.11. The van der Waals surface area contributed by atoms with Crippen molar-refractivity contribution in [1.29, 1.82) is 0 Å². The average molecular weight is 285 g/mol. The number of hydrogen-bond donors (Lipinski definition) is 1. The Morgan fingerprint density at radius 3 is 2.65 bits per heavy atom. The summed E-state index contributed by atoms with van der Waals surface area (Å²) in [5.41, 5.74) is 0. The number of rotatable bonds is 7. The molecule has 0 bridgehead atoms. The molecule has 0 aromatic carbocycles. The first-order valence-electron chi connectivity index (χ1n) is 7.86. The molecule has 0 spiro atoms. The summed E-state index contributed by atoms with van der Waals surface area (Å²) in [7, 11) is 2.17. The van der Waals surface area contributed by atoms with E-state index < -0.39 is 0 Å². The molecular weight excluding hydrogens is 254 g/mol. The van der Waals surface area contributed by atoms with E-state index >= 15 is 0 Å². The number of nitrogens with zero attached hydrogens (tertiary/aromatic N) is 2. The van der Waals surface area contributed by atoms with Crippen LogP contribution in [0.4, 0.5) is 0 Å². The molecule has 0 radical (unpaired) electrons. The van der Waals surface area contributed by atoms with Crippen LogP contribution >= 0.6 is 0 Å². The second-order valence-corrected chi connectivity index (χ2v) is 5.91. The molecule has 20 heavy (non-hydrogen) atoms. The van der Waals surface area contributed by atoms with Crippen molar-refractivity contribution in [3.63, 3.8) is 0 Å². The van der Waals surface area contributed by atoms with Crippen molar-refractivity contribution >= 4 is 5.97 Å². The van der Waals surface area contributed by atoms with Gasteiger partial charge in [-0.3, -0.25) is 4.79 Å². The maximum Gasteiger partial charge on any atom is 0.323 e. The predicted molar refractivity (Wildman–Crippen MR) is 81.9 cm³/mol. The summed E-state index contributed by atoms with van der Waals surface area (Å²) in [4.78, 5) is 16.8. The van der Waals surface area contributed by atoms with Crippen LogP contribution < -0.4 is 5.32 Å².